The normalized spacial score (nSPS) is 11.2. The van der Waals surface area contributed by atoms with Crippen LogP contribution < -0.4 is 10.1 Å². The molecule has 0 aliphatic rings. The van der Waals surface area contributed by atoms with Gasteiger partial charge in [-0.3, -0.25) is 4.79 Å². The van der Waals surface area contributed by atoms with Crippen LogP contribution in [-0.2, 0) is 6.18 Å². The van der Waals surface area contributed by atoms with Crippen LogP contribution in [0.15, 0.2) is 18.2 Å². The molecule has 1 N–H and O–H groups in total. The third-order valence-electron chi connectivity index (χ3n) is 2.15. The number of halogens is 4. The van der Waals surface area contributed by atoms with E-state index in [0.29, 0.717) is 11.9 Å². The van der Waals surface area contributed by atoms with Crippen molar-refractivity contribution in [2.24, 2.45) is 0 Å². The Labute approximate surface area is 110 Å². The molecular weight excluding hydrogens is 315 g/mol. The second-order valence-electron chi connectivity index (χ2n) is 3.36. The van der Waals surface area contributed by atoms with Gasteiger partial charge in [-0.25, -0.2) is 0 Å². The maximum absolute atomic E-state index is 12.5. The molecule has 0 aliphatic heterocycles. The molecule has 7 heteroatoms. The largest absolute Gasteiger partial charge is 0.496 e. The Morgan fingerprint density at radius 1 is 1.44 bits per heavy atom. The zero-order valence-corrected chi connectivity index (χ0v) is 11.1. The number of carbonyl (C=O) groups excluding carboxylic acids is 1. The van der Waals surface area contributed by atoms with Crippen LogP contribution in [0, 0.1) is 0 Å². The molecule has 1 aromatic carbocycles. The van der Waals surface area contributed by atoms with E-state index >= 15 is 0 Å². The number of ether oxygens (including phenoxy) is 1. The van der Waals surface area contributed by atoms with E-state index < -0.39 is 17.6 Å². The van der Waals surface area contributed by atoms with Crippen LogP contribution in [0.5, 0.6) is 5.75 Å². The van der Waals surface area contributed by atoms with E-state index in [1.807, 2.05) is 0 Å². The van der Waals surface area contributed by atoms with Gasteiger partial charge in [0.1, 0.15) is 5.75 Å². The van der Waals surface area contributed by atoms with E-state index in [-0.39, 0.29) is 11.3 Å². The fourth-order valence-corrected chi connectivity index (χ4v) is 1.52. The molecule has 1 amide bonds. The maximum Gasteiger partial charge on any atom is 0.416 e. The summed E-state index contributed by atoms with van der Waals surface area (Å²) in [7, 11) is 1.30. The molecule has 100 valence electrons. The predicted octanol–water partition coefficient (Wildman–Crippen LogP) is 2.84. The number of hydrogen-bond acceptors (Lipinski definition) is 2. The Hall–Kier alpha value is -1.24. The number of carbonyl (C=O) groups is 1. The lowest BCUT2D eigenvalue weighted by Crippen LogP contribution is -2.26. The average Bonchev–Trinajstić information content (AvgIpc) is 2.34. The zero-order chi connectivity index (χ0) is 13.8. The van der Waals surface area contributed by atoms with Gasteiger partial charge < -0.3 is 10.1 Å². The van der Waals surface area contributed by atoms with Crippen LogP contribution >= 0.6 is 15.9 Å². The van der Waals surface area contributed by atoms with Crippen LogP contribution in [0.3, 0.4) is 0 Å². The molecule has 0 atom stereocenters. The molecule has 0 aliphatic carbocycles. The van der Waals surface area contributed by atoms with Crippen LogP contribution in [0.4, 0.5) is 13.2 Å². The van der Waals surface area contributed by atoms with Gasteiger partial charge in [0.2, 0.25) is 0 Å². The summed E-state index contributed by atoms with van der Waals surface area (Å²) >= 11 is 3.11. The van der Waals surface area contributed by atoms with Crippen molar-refractivity contribution < 1.29 is 22.7 Å². The molecule has 0 aromatic heterocycles. The number of rotatable bonds is 4. The molecule has 0 heterocycles. The Balaban J connectivity index is 3.10. The fraction of sp³-hybridized carbons (Fsp3) is 0.364. The first-order valence-electron chi connectivity index (χ1n) is 4.99. The molecule has 3 nitrogen and oxygen atoms in total. The molecule has 0 radical (unpaired) electrons. The smallest absolute Gasteiger partial charge is 0.416 e. The maximum atomic E-state index is 12.5. The van der Waals surface area contributed by atoms with Crippen molar-refractivity contribution in [2.75, 3.05) is 19.0 Å². The molecule has 0 fully saturated rings. The first-order chi connectivity index (χ1) is 8.40. The lowest BCUT2D eigenvalue weighted by Gasteiger charge is -2.12. The highest BCUT2D eigenvalue weighted by Crippen LogP contribution is 2.32. The van der Waals surface area contributed by atoms with Crippen molar-refractivity contribution >= 4 is 21.8 Å². The third-order valence-corrected chi connectivity index (χ3v) is 2.55. The first-order valence-corrected chi connectivity index (χ1v) is 6.11. The summed E-state index contributed by atoms with van der Waals surface area (Å²) in [6, 6.07) is 2.79. The Kier molecular flexibility index (Phi) is 5.01. The molecule has 0 unspecified atom stereocenters. The number of hydrogen-bond donors (Lipinski definition) is 1. The van der Waals surface area contributed by atoms with Crippen LogP contribution in [0.25, 0.3) is 0 Å². The van der Waals surface area contributed by atoms with Gasteiger partial charge in [-0.1, -0.05) is 15.9 Å². The van der Waals surface area contributed by atoms with Gasteiger partial charge in [0, 0.05) is 11.9 Å². The topological polar surface area (TPSA) is 38.3 Å². The van der Waals surface area contributed by atoms with E-state index in [0.717, 1.165) is 18.2 Å². The Bertz CT molecular complexity index is 435. The Morgan fingerprint density at radius 3 is 2.61 bits per heavy atom. The minimum Gasteiger partial charge on any atom is -0.496 e. The fourth-order valence-electron chi connectivity index (χ4n) is 1.32. The zero-order valence-electron chi connectivity index (χ0n) is 9.47. The molecule has 0 spiro atoms. The minimum absolute atomic E-state index is 0.107. The van der Waals surface area contributed by atoms with Gasteiger partial charge >= 0.3 is 6.18 Å². The van der Waals surface area contributed by atoms with E-state index in [1.54, 1.807) is 0 Å². The average molecular weight is 326 g/mol. The second-order valence-corrected chi connectivity index (χ2v) is 4.15. The van der Waals surface area contributed by atoms with Gasteiger partial charge in [-0.2, -0.15) is 13.2 Å². The predicted molar refractivity (Wildman–Crippen MR) is 64.1 cm³/mol. The van der Waals surface area contributed by atoms with Gasteiger partial charge in [-0.15, -0.1) is 0 Å². The lowest BCUT2D eigenvalue weighted by molar-refractivity contribution is -0.137. The van der Waals surface area contributed by atoms with Crippen LogP contribution in [0.2, 0.25) is 0 Å². The summed E-state index contributed by atoms with van der Waals surface area (Å²) in [4.78, 5) is 11.7. The van der Waals surface area contributed by atoms with Crippen molar-refractivity contribution in [3.05, 3.63) is 29.3 Å². The molecule has 18 heavy (non-hydrogen) atoms. The van der Waals surface area contributed by atoms with E-state index in [4.69, 9.17) is 4.74 Å². The van der Waals surface area contributed by atoms with E-state index in [1.165, 1.54) is 7.11 Å². The molecule has 0 bridgehead atoms. The monoisotopic (exact) mass is 325 g/mol. The van der Waals surface area contributed by atoms with Gasteiger partial charge in [0.25, 0.3) is 5.91 Å². The number of alkyl halides is 4. The highest BCUT2D eigenvalue weighted by atomic mass is 79.9. The third kappa shape index (κ3) is 3.63. The SMILES string of the molecule is COc1ccc(C(F)(F)F)cc1C(=O)NCCBr. The van der Waals surface area contributed by atoms with Crippen molar-refractivity contribution in [2.45, 2.75) is 6.18 Å². The number of methoxy groups -OCH3 is 1. The summed E-state index contributed by atoms with van der Waals surface area (Å²) in [5.74, 6) is -0.493. The van der Waals surface area contributed by atoms with Crippen molar-refractivity contribution in [1.82, 2.24) is 5.32 Å². The Morgan fingerprint density at radius 2 is 2.11 bits per heavy atom. The van der Waals surface area contributed by atoms with Crippen molar-refractivity contribution in [3.8, 4) is 5.75 Å². The van der Waals surface area contributed by atoms with E-state index in [9.17, 15) is 18.0 Å². The summed E-state index contributed by atoms with van der Waals surface area (Å²) in [5.41, 5.74) is -1.01. The highest BCUT2D eigenvalue weighted by molar-refractivity contribution is 9.09. The molecule has 1 rings (SSSR count). The summed E-state index contributed by atoms with van der Waals surface area (Å²) < 4.78 is 42.5. The second kappa shape index (κ2) is 6.08. The number of nitrogens with one attached hydrogen (secondary N) is 1. The highest BCUT2D eigenvalue weighted by Gasteiger charge is 2.31. The molecular formula is C11H11BrF3NO2. The lowest BCUT2D eigenvalue weighted by atomic mass is 10.1. The van der Waals surface area contributed by atoms with E-state index in [2.05, 4.69) is 21.2 Å². The standard InChI is InChI=1S/C11H11BrF3NO2/c1-18-9-3-2-7(11(13,14)15)6-8(9)10(17)16-5-4-12/h2-3,6H,4-5H2,1H3,(H,16,17). The molecule has 1 aromatic rings. The van der Waals surface area contributed by atoms with Gasteiger partial charge in [-0.05, 0) is 18.2 Å². The summed E-state index contributed by atoms with van der Waals surface area (Å²) in [6.45, 7) is 0.318. The minimum atomic E-state index is -4.49. The summed E-state index contributed by atoms with van der Waals surface area (Å²) in [5, 5.41) is 2.98. The van der Waals surface area contributed by atoms with Crippen LogP contribution in [0.1, 0.15) is 15.9 Å². The quantitative estimate of drug-likeness (QED) is 0.864. The first kappa shape index (κ1) is 14.8. The van der Waals surface area contributed by atoms with Crippen LogP contribution in [-0.4, -0.2) is 24.9 Å². The van der Waals surface area contributed by atoms with Gasteiger partial charge in [0.05, 0.1) is 18.2 Å². The molecule has 0 saturated carbocycles. The van der Waals surface area contributed by atoms with Gasteiger partial charge in [0.15, 0.2) is 0 Å². The number of amides is 1. The van der Waals surface area contributed by atoms with Crippen molar-refractivity contribution in [3.63, 3.8) is 0 Å². The van der Waals surface area contributed by atoms with Crippen molar-refractivity contribution in [1.29, 1.82) is 0 Å². The number of benzene rings is 1. The molecule has 0 saturated heterocycles. The summed E-state index contributed by atoms with van der Waals surface area (Å²) in [6.07, 6.45) is -4.49.